The first-order valence-electron chi connectivity index (χ1n) is 10.5. The van der Waals surface area contributed by atoms with E-state index in [1.54, 1.807) is 12.1 Å². The fraction of sp³-hybridized carbons (Fsp3) is 0.478. The van der Waals surface area contributed by atoms with Crippen LogP contribution in [-0.2, 0) is 0 Å². The molecule has 29 heavy (non-hydrogen) atoms. The Hall–Kier alpha value is -2.76. The first-order chi connectivity index (χ1) is 14.1. The Morgan fingerprint density at radius 3 is 2.34 bits per heavy atom. The molecule has 2 heterocycles. The van der Waals surface area contributed by atoms with Crippen LogP contribution < -0.4 is 5.32 Å². The van der Waals surface area contributed by atoms with Crippen LogP contribution in [-0.4, -0.2) is 60.9 Å². The van der Waals surface area contributed by atoms with Crippen LogP contribution in [0.3, 0.4) is 0 Å². The number of hydrogen-bond donors (Lipinski definition) is 1. The van der Waals surface area contributed by atoms with Crippen molar-refractivity contribution in [1.82, 2.24) is 15.1 Å². The lowest BCUT2D eigenvalue weighted by Crippen LogP contribution is -2.53. The van der Waals surface area contributed by atoms with Gasteiger partial charge >= 0.3 is 0 Å². The van der Waals surface area contributed by atoms with Gasteiger partial charge in [0.1, 0.15) is 0 Å². The van der Waals surface area contributed by atoms with Gasteiger partial charge < -0.3 is 19.5 Å². The van der Waals surface area contributed by atoms with Gasteiger partial charge in [-0.2, -0.15) is 0 Å². The van der Waals surface area contributed by atoms with E-state index >= 15 is 0 Å². The second-order valence-electron chi connectivity index (χ2n) is 7.71. The SMILES string of the molecule is CCNC(=NCC(c1ccccc1)C(C)C)N1CCN(C(=O)c2ccco2)CC1. The molecule has 1 aromatic carbocycles. The molecule has 0 aliphatic carbocycles. The van der Waals surface area contributed by atoms with Gasteiger partial charge in [0.05, 0.1) is 6.26 Å². The molecule has 0 radical (unpaired) electrons. The van der Waals surface area contributed by atoms with Crippen molar-refractivity contribution in [2.75, 3.05) is 39.3 Å². The molecule has 156 valence electrons. The minimum atomic E-state index is -0.0412. The molecule has 1 aliphatic rings. The predicted molar refractivity (Wildman–Crippen MR) is 116 cm³/mol. The Morgan fingerprint density at radius 2 is 1.76 bits per heavy atom. The summed E-state index contributed by atoms with van der Waals surface area (Å²) in [7, 11) is 0. The molecule has 0 saturated carbocycles. The van der Waals surface area contributed by atoms with Gasteiger partial charge in [0.15, 0.2) is 11.7 Å². The number of piperazine rings is 1. The number of aliphatic imine (C=N–C) groups is 1. The first kappa shape index (κ1) is 21.0. The molecule has 1 saturated heterocycles. The fourth-order valence-electron chi connectivity index (χ4n) is 3.69. The number of hydrogen-bond acceptors (Lipinski definition) is 3. The van der Waals surface area contributed by atoms with Crippen LogP contribution in [0.25, 0.3) is 0 Å². The highest BCUT2D eigenvalue weighted by Gasteiger charge is 2.25. The van der Waals surface area contributed by atoms with Crippen molar-refractivity contribution in [2.45, 2.75) is 26.7 Å². The number of furan rings is 1. The van der Waals surface area contributed by atoms with Crippen LogP contribution >= 0.6 is 0 Å². The van der Waals surface area contributed by atoms with Crippen LogP contribution in [0.4, 0.5) is 0 Å². The van der Waals surface area contributed by atoms with E-state index in [1.165, 1.54) is 11.8 Å². The van der Waals surface area contributed by atoms with Crippen LogP contribution in [0.2, 0.25) is 0 Å². The topological polar surface area (TPSA) is 61.1 Å². The molecule has 0 spiro atoms. The second kappa shape index (κ2) is 10.1. The Bertz CT molecular complexity index is 778. The number of rotatable bonds is 6. The molecule has 0 bridgehead atoms. The Kier molecular flexibility index (Phi) is 7.33. The van der Waals surface area contributed by atoms with Crippen molar-refractivity contribution in [2.24, 2.45) is 10.9 Å². The summed E-state index contributed by atoms with van der Waals surface area (Å²) in [6, 6.07) is 14.1. The monoisotopic (exact) mass is 396 g/mol. The highest BCUT2D eigenvalue weighted by Crippen LogP contribution is 2.24. The van der Waals surface area contributed by atoms with E-state index in [0.717, 1.165) is 32.1 Å². The van der Waals surface area contributed by atoms with Crippen molar-refractivity contribution < 1.29 is 9.21 Å². The van der Waals surface area contributed by atoms with Gasteiger partial charge in [-0.1, -0.05) is 44.2 Å². The third-order valence-corrected chi connectivity index (χ3v) is 5.40. The smallest absolute Gasteiger partial charge is 0.289 e. The van der Waals surface area contributed by atoms with E-state index in [-0.39, 0.29) is 5.91 Å². The van der Waals surface area contributed by atoms with E-state index in [9.17, 15) is 4.79 Å². The van der Waals surface area contributed by atoms with Gasteiger partial charge in [-0.05, 0) is 30.5 Å². The molecule has 1 fully saturated rings. The van der Waals surface area contributed by atoms with Gasteiger partial charge in [-0.3, -0.25) is 9.79 Å². The van der Waals surface area contributed by atoms with Crippen molar-refractivity contribution in [3.8, 4) is 0 Å². The van der Waals surface area contributed by atoms with Gasteiger partial charge in [0.25, 0.3) is 5.91 Å². The molecule has 6 nitrogen and oxygen atoms in total. The van der Waals surface area contributed by atoms with Crippen molar-refractivity contribution in [3.63, 3.8) is 0 Å². The Balaban J connectivity index is 1.64. The quantitative estimate of drug-likeness (QED) is 0.600. The molecular formula is C23H32N4O2. The summed E-state index contributed by atoms with van der Waals surface area (Å²) in [6.45, 7) is 11.0. The number of guanidine groups is 1. The average molecular weight is 397 g/mol. The van der Waals surface area contributed by atoms with E-state index in [2.05, 4.69) is 61.3 Å². The lowest BCUT2D eigenvalue weighted by molar-refractivity contribution is 0.0657. The minimum Gasteiger partial charge on any atom is -0.459 e. The molecule has 3 rings (SSSR count). The van der Waals surface area contributed by atoms with Gasteiger partial charge in [-0.15, -0.1) is 0 Å². The standard InChI is InChI=1S/C23H32N4O2/c1-4-24-23(25-17-20(18(2)3)19-9-6-5-7-10-19)27-14-12-26(13-15-27)22(28)21-11-8-16-29-21/h5-11,16,18,20H,4,12-15,17H2,1-3H3,(H,24,25). The molecule has 1 amide bonds. The lowest BCUT2D eigenvalue weighted by Gasteiger charge is -2.36. The Morgan fingerprint density at radius 1 is 1.07 bits per heavy atom. The highest BCUT2D eigenvalue weighted by atomic mass is 16.3. The van der Waals surface area contributed by atoms with E-state index in [4.69, 9.17) is 9.41 Å². The molecular weight excluding hydrogens is 364 g/mol. The van der Waals surface area contributed by atoms with Crippen molar-refractivity contribution >= 4 is 11.9 Å². The van der Waals surface area contributed by atoms with Crippen LogP contribution in [0, 0.1) is 5.92 Å². The summed E-state index contributed by atoms with van der Waals surface area (Å²) < 4.78 is 5.25. The molecule has 1 N–H and O–H groups in total. The van der Waals surface area contributed by atoms with Gasteiger partial charge in [0, 0.05) is 45.2 Å². The summed E-state index contributed by atoms with van der Waals surface area (Å²) in [5, 5.41) is 3.42. The van der Waals surface area contributed by atoms with Crippen LogP contribution in [0.15, 0.2) is 58.1 Å². The number of amides is 1. The van der Waals surface area contributed by atoms with E-state index < -0.39 is 0 Å². The summed E-state index contributed by atoms with van der Waals surface area (Å²) in [5.74, 6) is 2.18. The number of nitrogens with one attached hydrogen (secondary N) is 1. The predicted octanol–water partition coefficient (Wildman–Crippen LogP) is 3.44. The summed E-state index contributed by atoms with van der Waals surface area (Å²) >= 11 is 0. The Labute approximate surface area is 173 Å². The first-order valence-corrected chi connectivity index (χ1v) is 10.5. The third-order valence-electron chi connectivity index (χ3n) is 5.40. The summed E-state index contributed by atoms with van der Waals surface area (Å²) in [4.78, 5) is 21.5. The zero-order valence-corrected chi connectivity index (χ0v) is 17.7. The largest absolute Gasteiger partial charge is 0.459 e. The third kappa shape index (κ3) is 5.40. The maximum absolute atomic E-state index is 12.5. The number of carbonyl (C=O) groups is 1. The molecule has 1 aliphatic heterocycles. The molecule has 1 aromatic heterocycles. The summed E-state index contributed by atoms with van der Waals surface area (Å²) in [5.41, 5.74) is 1.33. The zero-order valence-electron chi connectivity index (χ0n) is 17.7. The van der Waals surface area contributed by atoms with Crippen LogP contribution in [0.1, 0.15) is 42.8 Å². The average Bonchev–Trinajstić information content (AvgIpc) is 3.28. The molecule has 1 unspecified atom stereocenters. The van der Waals surface area contributed by atoms with E-state index in [0.29, 0.717) is 30.7 Å². The number of carbonyl (C=O) groups excluding carboxylic acids is 1. The lowest BCUT2D eigenvalue weighted by atomic mass is 9.88. The maximum Gasteiger partial charge on any atom is 0.289 e. The van der Waals surface area contributed by atoms with Crippen molar-refractivity contribution in [1.29, 1.82) is 0 Å². The zero-order chi connectivity index (χ0) is 20.6. The molecule has 1 atom stereocenters. The molecule has 6 heteroatoms. The maximum atomic E-state index is 12.5. The van der Waals surface area contributed by atoms with Gasteiger partial charge in [0.2, 0.25) is 0 Å². The van der Waals surface area contributed by atoms with Crippen LogP contribution in [0.5, 0.6) is 0 Å². The van der Waals surface area contributed by atoms with Gasteiger partial charge in [-0.25, -0.2) is 0 Å². The van der Waals surface area contributed by atoms with Crippen molar-refractivity contribution in [3.05, 3.63) is 60.1 Å². The normalized spacial score (nSPS) is 16.2. The highest BCUT2D eigenvalue weighted by molar-refractivity contribution is 5.91. The number of benzene rings is 1. The number of nitrogens with zero attached hydrogens (tertiary/aromatic N) is 3. The fourth-order valence-corrected chi connectivity index (χ4v) is 3.69. The van der Waals surface area contributed by atoms with E-state index in [1.807, 2.05) is 4.90 Å². The summed E-state index contributed by atoms with van der Waals surface area (Å²) in [6.07, 6.45) is 1.54. The minimum absolute atomic E-state index is 0.0412. The molecule has 2 aromatic rings. The second-order valence-corrected chi connectivity index (χ2v) is 7.71.